The van der Waals surface area contributed by atoms with E-state index in [-0.39, 0.29) is 30.7 Å². The number of Topliss-reactive ketones (excluding diaryl/α,β-unsaturated/α-hetero) is 1. The number of anilines is 1. The molecule has 2 atom stereocenters. The third-order valence-corrected chi connectivity index (χ3v) is 8.20. The van der Waals surface area contributed by atoms with E-state index in [4.69, 9.17) is 4.74 Å². The predicted molar refractivity (Wildman–Crippen MR) is 151 cm³/mol. The zero-order valence-corrected chi connectivity index (χ0v) is 23.4. The number of carbonyl (C=O) groups is 4. The molecule has 9 heteroatoms. The van der Waals surface area contributed by atoms with Gasteiger partial charge in [-0.3, -0.25) is 24.7 Å². The highest BCUT2D eigenvalue weighted by Crippen LogP contribution is 2.55. The minimum Gasteiger partial charge on any atom is -0.461 e. The van der Waals surface area contributed by atoms with E-state index in [2.05, 4.69) is 10.5 Å². The molecule has 1 saturated heterocycles. The topological polar surface area (TPSA) is 108 Å². The highest BCUT2D eigenvalue weighted by molar-refractivity contribution is 6.36. The number of nitrogens with one attached hydrogen (secondary N) is 1. The summed E-state index contributed by atoms with van der Waals surface area (Å²) in [7, 11) is 3.96. The summed E-state index contributed by atoms with van der Waals surface area (Å²) in [5.74, 6) is -2.16. The number of ketones is 1. The first kappa shape index (κ1) is 27.7. The zero-order valence-electron chi connectivity index (χ0n) is 23.4. The molecular weight excluding hydrogens is 508 g/mol. The van der Waals surface area contributed by atoms with Crippen LogP contribution in [0.2, 0.25) is 0 Å². The molecule has 2 aromatic rings. The molecular formula is C31H36N4O5. The van der Waals surface area contributed by atoms with Gasteiger partial charge in [0, 0.05) is 18.5 Å². The quantitative estimate of drug-likeness (QED) is 0.152. The normalized spacial score (nSPS) is 21.6. The molecule has 0 bridgehead atoms. The van der Waals surface area contributed by atoms with E-state index in [0.29, 0.717) is 36.2 Å². The number of esters is 1. The number of carbonyl (C=O) groups excluding carboxylic acids is 4. The maximum Gasteiger partial charge on any atom is 0.354 e. The zero-order chi connectivity index (χ0) is 28.4. The van der Waals surface area contributed by atoms with Crippen LogP contribution < -0.4 is 5.43 Å². The molecule has 0 saturated carbocycles. The molecule has 3 aliphatic rings. The second kappa shape index (κ2) is 11.3. The van der Waals surface area contributed by atoms with Crippen molar-refractivity contribution in [2.75, 3.05) is 39.2 Å². The fraction of sp³-hybridized carbons (Fsp3) is 0.452. The molecule has 2 aliphatic carbocycles. The monoisotopic (exact) mass is 544 g/mol. The van der Waals surface area contributed by atoms with Gasteiger partial charge in [-0.2, -0.15) is 5.10 Å². The van der Waals surface area contributed by atoms with E-state index in [9.17, 15) is 19.2 Å². The van der Waals surface area contributed by atoms with Crippen molar-refractivity contribution in [3.63, 3.8) is 0 Å². The van der Waals surface area contributed by atoms with Crippen LogP contribution in [0, 0.1) is 5.92 Å². The van der Waals surface area contributed by atoms with Gasteiger partial charge in [0.1, 0.15) is 11.6 Å². The van der Waals surface area contributed by atoms with Crippen molar-refractivity contribution in [2.45, 2.75) is 50.9 Å². The standard InChI is InChI=1S/C31H36N4O5/c1-4-40-29(38)24(11-7-18-34(2)3)33-32-22-14-12-20(13-15-22)16-19-35-28(37)26-27(36)23-10-5-8-21-9-6-17-31(26,25(21)23)30(35)39/h5,8,10,12-15,26,32H,4,6-7,9,11,16-19H2,1-3H3/b33-24-. The van der Waals surface area contributed by atoms with E-state index in [1.807, 2.05) is 55.4 Å². The summed E-state index contributed by atoms with van der Waals surface area (Å²) in [6, 6.07) is 13.1. The Labute approximate surface area is 234 Å². The number of rotatable bonds is 11. The van der Waals surface area contributed by atoms with Gasteiger partial charge in [-0.05, 0) is 88.5 Å². The molecule has 1 fully saturated rings. The molecule has 210 valence electrons. The molecule has 1 heterocycles. The van der Waals surface area contributed by atoms with E-state index >= 15 is 0 Å². The second-order valence-corrected chi connectivity index (χ2v) is 11.0. The number of aryl methyl sites for hydroxylation is 1. The number of hydrogen-bond acceptors (Lipinski definition) is 8. The molecule has 1 aliphatic heterocycles. The summed E-state index contributed by atoms with van der Waals surface area (Å²) in [5.41, 5.74) is 6.29. The van der Waals surface area contributed by atoms with Gasteiger partial charge in [0.2, 0.25) is 11.8 Å². The molecule has 2 unspecified atom stereocenters. The van der Waals surface area contributed by atoms with Crippen molar-refractivity contribution in [1.82, 2.24) is 9.80 Å². The number of likely N-dealkylation sites (tertiary alicyclic amines) is 1. The number of imide groups is 1. The van der Waals surface area contributed by atoms with Crippen LogP contribution in [0.1, 0.15) is 59.7 Å². The Morgan fingerprint density at radius 3 is 2.65 bits per heavy atom. The average molecular weight is 545 g/mol. The predicted octanol–water partition coefficient (Wildman–Crippen LogP) is 3.36. The Kier molecular flexibility index (Phi) is 7.85. The van der Waals surface area contributed by atoms with Gasteiger partial charge in [0.15, 0.2) is 5.78 Å². The summed E-state index contributed by atoms with van der Waals surface area (Å²) in [5, 5.41) is 4.30. The molecule has 1 spiro atoms. The summed E-state index contributed by atoms with van der Waals surface area (Å²) < 4.78 is 5.14. The van der Waals surface area contributed by atoms with Gasteiger partial charge in [-0.15, -0.1) is 0 Å². The fourth-order valence-electron chi connectivity index (χ4n) is 6.36. The first-order chi connectivity index (χ1) is 19.3. The minimum absolute atomic E-state index is 0.209. The molecule has 2 amide bonds. The van der Waals surface area contributed by atoms with Gasteiger partial charge < -0.3 is 9.64 Å². The number of benzene rings is 2. The van der Waals surface area contributed by atoms with E-state index < -0.39 is 17.3 Å². The summed E-state index contributed by atoms with van der Waals surface area (Å²) >= 11 is 0. The fourth-order valence-corrected chi connectivity index (χ4v) is 6.36. The van der Waals surface area contributed by atoms with Crippen LogP contribution >= 0.6 is 0 Å². The van der Waals surface area contributed by atoms with Gasteiger partial charge >= 0.3 is 5.97 Å². The lowest BCUT2D eigenvalue weighted by Crippen LogP contribution is -2.42. The second-order valence-electron chi connectivity index (χ2n) is 11.0. The van der Waals surface area contributed by atoms with Crippen LogP contribution in [0.15, 0.2) is 47.6 Å². The highest BCUT2D eigenvalue weighted by atomic mass is 16.5. The summed E-state index contributed by atoms with van der Waals surface area (Å²) in [4.78, 5) is 56.1. The maximum atomic E-state index is 13.8. The largest absolute Gasteiger partial charge is 0.461 e. The molecule has 40 heavy (non-hydrogen) atoms. The van der Waals surface area contributed by atoms with Crippen LogP contribution in [-0.2, 0) is 37.4 Å². The Morgan fingerprint density at radius 1 is 1.15 bits per heavy atom. The maximum absolute atomic E-state index is 13.8. The summed E-state index contributed by atoms with van der Waals surface area (Å²) in [6.45, 7) is 3.11. The van der Waals surface area contributed by atoms with Crippen molar-refractivity contribution in [2.24, 2.45) is 11.0 Å². The lowest BCUT2D eigenvalue weighted by molar-refractivity contribution is -0.140. The van der Waals surface area contributed by atoms with Crippen LogP contribution in [0.5, 0.6) is 0 Å². The first-order valence-electron chi connectivity index (χ1n) is 14.0. The third-order valence-electron chi connectivity index (χ3n) is 8.20. The molecule has 1 N–H and O–H groups in total. The van der Waals surface area contributed by atoms with E-state index in [0.717, 1.165) is 42.5 Å². The first-order valence-corrected chi connectivity index (χ1v) is 14.0. The number of nitrogens with zero attached hydrogens (tertiary/aromatic N) is 3. The van der Waals surface area contributed by atoms with Crippen LogP contribution in [0.25, 0.3) is 0 Å². The number of amides is 2. The van der Waals surface area contributed by atoms with Crippen LogP contribution in [-0.4, -0.2) is 72.9 Å². The Morgan fingerprint density at radius 2 is 1.93 bits per heavy atom. The van der Waals surface area contributed by atoms with Crippen LogP contribution in [0.3, 0.4) is 0 Å². The minimum atomic E-state index is -1.02. The summed E-state index contributed by atoms with van der Waals surface area (Å²) in [6.07, 6.45) is 3.91. The molecule has 9 nitrogen and oxygen atoms in total. The smallest absolute Gasteiger partial charge is 0.354 e. The lowest BCUT2D eigenvalue weighted by Gasteiger charge is -2.32. The highest BCUT2D eigenvalue weighted by Gasteiger charge is 2.68. The van der Waals surface area contributed by atoms with E-state index in [1.165, 1.54) is 4.90 Å². The van der Waals surface area contributed by atoms with Gasteiger partial charge in [-0.25, -0.2) is 4.79 Å². The third kappa shape index (κ3) is 4.83. The number of hydrogen-bond donors (Lipinski definition) is 1. The van der Waals surface area contributed by atoms with Crippen LogP contribution in [0.4, 0.5) is 5.69 Å². The number of hydrazone groups is 1. The Bertz CT molecular complexity index is 1370. The molecule has 5 rings (SSSR count). The Balaban J connectivity index is 1.24. The van der Waals surface area contributed by atoms with Crippen molar-refractivity contribution < 1.29 is 23.9 Å². The number of ether oxygens (including phenoxy) is 1. The van der Waals surface area contributed by atoms with Gasteiger partial charge in [-0.1, -0.05) is 30.3 Å². The van der Waals surface area contributed by atoms with E-state index in [1.54, 1.807) is 13.0 Å². The van der Waals surface area contributed by atoms with Crippen molar-refractivity contribution in [3.05, 3.63) is 64.7 Å². The molecule has 0 radical (unpaired) electrons. The van der Waals surface area contributed by atoms with Crippen molar-refractivity contribution >= 4 is 35.0 Å². The average Bonchev–Trinajstić information content (AvgIpc) is 3.32. The molecule has 2 aromatic carbocycles. The Hall–Kier alpha value is -3.85. The van der Waals surface area contributed by atoms with Crippen molar-refractivity contribution in [1.29, 1.82) is 0 Å². The molecule has 0 aromatic heterocycles. The SMILES string of the molecule is CCOC(=O)/C(CCCN(C)C)=N\Nc1ccc(CCN2C(=O)C3C(=O)c4cccc5c4C3(CCC5)C2=O)cc1. The van der Waals surface area contributed by atoms with Gasteiger partial charge in [0.05, 0.1) is 17.7 Å². The van der Waals surface area contributed by atoms with Crippen molar-refractivity contribution in [3.8, 4) is 0 Å². The lowest BCUT2D eigenvalue weighted by atomic mass is 9.67. The van der Waals surface area contributed by atoms with Gasteiger partial charge in [0.25, 0.3) is 0 Å².